The van der Waals surface area contributed by atoms with Crippen LogP contribution in [-0.2, 0) is 24.3 Å². The summed E-state index contributed by atoms with van der Waals surface area (Å²) in [6, 6.07) is 6.80. The minimum absolute atomic E-state index is 0.0161. The van der Waals surface area contributed by atoms with Gasteiger partial charge in [-0.15, -0.1) is 0 Å². The lowest BCUT2D eigenvalue weighted by Crippen LogP contribution is -2.43. The molecule has 1 aliphatic carbocycles. The van der Waals surface area contributed by atoms with Gasteiger partial charge in [0, 0.05) is 28.1 Å². The Bertz CT molecular complexity index is 1760. The SMILES string of the molecule is CC(C)(C)OC(=O)CN(c1ccc2c(ccn2-c2cnc(OCCNC(=O)OC(C)(C)C)cn2)c1)S(=O)(=O)C1C=C(Cl)C=C(Cl)C1. The minimum Gasteiger partial charge on any atom is -0.475 e. The number of hydrogen-bond acceptors (Lipinski definition) is 9. The molecule has 0 saturated carbocycles. The lowest BCUT2D eigenvalue weighted by Gasteiger charge is -2.30. The van der Waals surface area contributed by atoms with E-state index >= 15 is 0 Å². The highest BCUT2D eigenvalue weighted by Crippen LogP contribution is 2.33. The normalized spacial score (nSPS) is 15.5. The van der Waals surface area contributed by atoms with Crippen molar-refractivity contribution >= 4 is 61.9 Å². The van der Waals surface area contributed by atoms with Crippen molar-refractivity contribution in [2.45, 2.75) is 64.4 Å². The first-order chi connectivity index (χ1) is 21.4. The maximum atomic E-state index is 13.9. The number of benzene rings is 1. The van der Waals surface area contributed by atoms with Crippen LogP contribution in [0.3, 0.4) is 0 Å². The molecule has 0 spiro atoms. The molecule has 248 valence electrons. The van der Waals surface area contributed by atoms with Gasteiger partial charge >= 0.3 is 12.1 Å². The maximum absolute atomic E-state index is 13.9. The summed E-state index contributed by atoms with van der Waals surface area (Å²) in [6.07, 6.45) is 7.13. The number of halogens is 2. The number of carbonyl (C=O) groups excluding carboxylic acids is 2. The summed E-state index contributed by atoms with van der Waals surface area (Å²) in [5, 5.41) is 2.70. The first-order valence-corrected chi connectivity index (χ1v) is 16.7. The van der Waals surface area contributed by atoms with Gasteiger partial charge in [0.05, 0.1) is 30.1 Å². The molecule has 2 aromatic heterocycles. The van der Waals surface area contributed by atoms with Gasteiger partial charge in [0.1, 0.15) is 29.6 Å². The molecule has 46 heavy (non-hydrogen) atoms. The Balaban J connectivity index is 1.53. The Labute approximate surface area is 278 Å². The van der Waals surface area contributed by atoms with Crippen LogP contribution in [0.4, 0.5) is 10.5 Å². The highest BCUT2D eigenvalue weighted by molar-refractivity contribution is 7.93. The number of esters is 1. The second-order valence-electron chi connectivity index (χ2n) is 12.4. The molecule has 4 rings (SSSR count). The molecule has 0 aliphatic heterocycles. The van der Waals surface area contributed by atoms with Crippen LogP contribution in [0.15, 0.2) is 65.1 Å². The first kappa shape index (κ1) is 35.1. The van der Waals surface area contributed by atoms with E-state index < -0.39 is 45.1 Å². The molecule has 1 aromatic carbocycles. The van der Waals surface area contributed by atoms with Crippen LogP contribution in [0.1, 0.15) is 48.0 Å². The predicted octanol–water partition coefficient (Wildman–Crippen LogP) is 5.82. The summed E-state index contributed by atoms with van der Waals surface area (Å²) in [7, 11) is -4.16. The number of amides is 1. The fourth-order valence-electron chi connectivity index (χ4n) is 4.48. The van der Waals surface area contributed by atoms with Crippen molar-refractivity contribution in [2.75, 3.05) is 24.0 Å². The summed E-state index contributed by atoms with van der Waals surface area (Å²) < 4.78 is 46.9. The molecule has 0 radical (unpaired) electrons. The van der Waals surface area contributed by atoms with E-state index in [4.69, 9.17) is 37.4 Å². The summed E-state index contributed by atoms with van der Waals surface area (Å²) in [5.74, 6) is 0.0476. The Morgan fingerprint density at radius 3 is 2.39 bits per heavy atom. The van der Waals surface area contributed by atoms with Crippen molar-refractivity contribution in [3.8, 4) is 11.7 Å². The highest BCUT2D eigenvalue weighted by atomic mass is 35.5. The number of ether oxygens (including phenoxy) is 3. The molecule has 15 heteroatoms. The Morgan fingerprint density at radius 2 is 1.76 bits per heavy atom. The van der Waals surface area contributed by atoms with Crippen LogP contribution in [0.25, 0.3) is 16.7 Å². The van der Waals surface area contributed by atoms with E-state index in [1.165, 1.54) is 24.5 Å². The molecule has 3 aromatic rings. The number of anilines is 1. The zero-order chi connectivity index (χ0) is 33.9. The second kappa shape index (κ2) is 13.9. The van der Waals surface area contributed by atoms with Gasteiger partial charge in [-0.25, -0.2) is 23.2 Å². The molecule has 1 aliphatic rings. The predicted molar refractivity (Wildman–Crippen MR) is 177 cm³/mol. The lowest BCUT2D eigenvalue weighted by molar-refractivity contribution is -0.152. The Morgan fingerprint density at radius 1 is 1.04 bits per heavy atom. The molecular formula is C31H37Cl2N5O7S. The van der Waals surface area contributed by atoms with E-state index in [-0.39, 0.29) is 36.2 Å². The van der Waals surface area contributed by atoms with E-state index in [1.807, 2.05) is 0 Å². The number of nitrogens with zero attached hydrogens (tertiary/aromatic N) is 4. The minimum atomic E-state index is -4.16. The van der Waals surface area contributed by atoms with Crippen LogP contribution in [0.5, 0.6) is 5.88 Å². The van der Waals surface area contributed by atoms with Gasteiger partial charge in [-0.1, -0.05) is 23.2 Å². The number of carbonyl (C=O) groups is 2. The quantitative estimate of drug-likeness (QED) is 0.205. The summed E-state index contributed by atoms with van der Waals surface area (Å²) >= 11 is 12.3. The largest absolute Gasteiger partial charge is 0.475 e. The van der Waals surface area contributed by atoms with Gasteiger partial charge in [0.25, 0.3) is 0 Å². The molecule has 1 amide bonds. The van der Waals surface area contributed by atoms with Crippen LogP contribution < -0.4 is 14.4 Å². The molecule has 1 unspecified atom stereocenters. The van der Waals surface area contributed by atoms with Gasteiger partial charge in [-0.05, 0) is 78.0 Å². The number of rotatable bonds is 10. The zero-order valence-electron chi connectivity index (χ0n) is 26.4. The third-order valence-corrected chi connectivity index (χ3v) is 8.78. The molecule has 12 nitrogen and oxygen atoms in total. The summed E-state index contributed by atoms with van der Waals surface area (Å²) in [6.45, 7) is 10.3. The number of hydrogen-bond donors (Lipinski definition) is 1. The van der Waals surface area contributed by atoms with Gasteiger partial charge in [-0.3, -0.25) is 13.7 Å². The second-order valence-corrected chi connectivity index (χ2v) is 15.4. The van der Waals surface area contributed by atoms with Crippen LogP contribution in [0, 0.1) is 0 Å². The lowest BCUT2D eigenvalue weighted by atomic mass is 10.2. The topological polar surface area (TPSA) is 142 Å². The molecule has 1 N–H and O–H groups in total. The molecule has 2 heterocycles. The standard InChI is InChI=1S/C31H37Cl2N5O7S/c1-30(2,3)44-28(39)19-38(46(41,42)24-15-21(32)14-22(33)16-24)23-7-8-25-20(13-23)9-11-37(25)26-17-36-27(18-35-26)43-12-10-34-29(40)45-31(4,5)6/h7-9,11,13-15,17-18,24H,10,12,16,19H2,1-6H3,(H,34,40). The van der Waals surface area contributed by atoms with Gasteiger partial charge in [0.15, 0.2) is 5.82 Å². The van der Waals surface area contributed by atoms with Crippen LogP contribution >= 0.6 is 23.2 Å². The van der Waals surface area contributed by atoms with Crippen LogP contribution in [0.2, 0.25) is 0 Å². The Kier molecular flexibility index (Phi) is 10.6. The van der Waals surface area contributed by atoms with Crippen molar-refractivity contribution in [3.05, 3.63) is 65.1 Å². The summed E-state index contributed by atoms with van der Waals surface area (Å²) in [5.41, 5.74) is -0.427. The highest BCUT2D eigenvalue weighted by Gasteiger charge is 2.35. The average molecular weight is 695 g/mol. The number of nitrogens with one attached hydrogen (secondary N) is 1. The van der Waals surface area contributed by atoms with Crippen molar-refractivity contribution in [1.29, 1.82) is 0 Å². The first-order valence-electron chi connectivity index (χ1n) is 14.4. The number of fused-ring (bicyclic) bond motifs is 1. The van der Waals surface area contributed by atoms with Crippen molar-refractivity contribution in [2.24, 2.45) is 0 Å². The fraction of sp³-hybridized carbons (Fsp3) is 0.419. The number of aromatic nitrogens is 3. The van der Waals surface area contributed by atoms with Gasteiger partial charge in [-0.2, -0.15) is 0 Å². The van der Waals surface area contributed by atoms with E-state index in [0.717, 1.165) is 9.82 Å². The molecule has 0 saturated heterocycles. The Hall–Kier alpha value is -3.81. The van der Waals surface area contributed by atoms with Crippen molar-refractivity contribution in [1.82, 2.24) is 19.9 Å². The molecule has 0 bridgehead atoms. The monoisotopic (exact) mass is 693 g/mol. The van der Waals surface area contributed by atoms with Crippen molar-refractivity contribution < 1.29 is 32.2 Å². The van der Waals surface area contributed by atoms with Crippen LogP contribution in [-0.4, -0.2) is 71.2 Å². The smallest absolute Gasteiger partial charge is 0.407 e. The third kappa shape index (κ3) is 9.36. The van der Waals surface area contributed by atoms with Gasteiger partial charge in [0.2, 0.25) is 15.9 Å². The molecular weight excluding hydrogens is 657 g/mol. The summed E-state index contributed by atoms with van der Waals surface area (Å²) in [4.78, 5) is 33.4. The number of alkyl carbamates (subject to hydrolysis) is 1. The fourth-order valence-corrected chi connectivity index (χ4v) is 6.99. The average Bonchev–Trinajstić information content (AvgIpc) is 3.35. The molecule has 0 fully saturated rings. The number of allylic oxidation sites excluding steroid dienone is 3. The van der Waals surface area contributed by atoms with Gasteiger partial charge < -0.3 is 19.5 Å². The maximum Gasteiger partial charge on any atom is 0.407 e. The van der Waals surface area contributed by atoms with E-state index in [1.54, 1.807) is 76.6 Å². The van der Waals surface area contributed by atoms with E-state index in [0.29, 0.717) is 16.2 Å². The third-order valence-electron chi connectivity index (χ3n) is 6.26. The van der Waals surface area contributed by atoms with E-state index in [9.17, 15) is 18.0 Å². The zero-order valence-corrected chi connectivity index (χ0v) is 28.7. The molecule has 1 atom stereocenters. The van der Waals surface area contributed by atoms with Crippen molar-refractivity contribution in [3.63, 3.8) is 0 Å². The number of sulfonamides is 1. The van der Waals surface area contributed by atoms with E-state index in [2.05, 4.69) is 15.3 Å².